The molecule has 1 radical (unpaired) electrons. The first-order chi connectivity index (χ1) is 30.9. The van der Waals surface area contributed by atoms with Crippen molar-refractivity contribution in [3.63, 3.8) is 0 Å². The van der Waals surface area contributed by atoms with E-state index in [4.69, 9.17) is 0 Å². The minimum atomic E-state index is -1.42. The van der Waals surface area contributed by atoms with E-state index in [1.807, 2.05) is 140 Å². The van der Waals surface area contributed by atoms with Gasteiger partial charge in [-0.25, -0.2) is 0 Å². The zero-order valence-electron chi connectivity index (χ0n) is 34.4. The molecule has 6 nitrogen and oxygen atoms in total. The molecule has 10 aromatic carbocycles. The van der Waals surface area contributed by atoms with Gasteiger partial charge in [0.1, 0.15) is 17.5 Å². The Morgan fingerprint density at radius 1 is 0.469 bits per heavy atom. The van der Waals surface area contributed by atoms with Crippen LogP contribution in [0, 0.1) is 0 Å². The fourth-order valence-electron chi connectivity index (χ4n) is 8.82. The Labute approximate surface area is 380 Å². The molecule has 0 bridgehead atoms. The summed E-state index contributed by atoms with van der Waals surface area (Å²) in [6.07, 6.45) is 2.90. The number of rotatable bonds is 10. The van der Waals surface area contributed by atoms with Crippen molar-refractivity contribution in [1.29, 1.82) is 0 Å². The van der Waals surface area contributed by atoms with Crippen LogP contribution in [-0.4, -0.2) is 41.2 Å². The van der Waals surface area contributed by atoms with E-state index < -0.39 is 12.0 Å². The Balaban J connectivity index is 0.00000518. The Bertz CT molecular complexity index is 3440. The van der Waals surface area contributed by atoms with Crippen LogP contribution < -0.4 is 5.11 Å². The molecule has 309 valence electrons. The van der Waals surface area contributed by atoms with E-state index in [1.165, 1.54) is 12.4 Å². The number of carbonyl (C=O) groups is 1. The predicted octanol–water partition coefficient (Wildman–Crippen LogP) is 12.0. The van der Waals surface area contributed by atoms with Crippen molar-refractivity contribution in [2.45, 2.75) is 6.04 Å². The molecule has 1 atom stereocenters. The van der Waals surface area contributed by atoms with Crippen molar-refractivity contribution in [1.82, 2.24) is 0 Å². The molecular formula is C57H39MnN2O4-. The van der Waals surface area contributed by atoms with Crippen LogP contribution in [0.4, 0.5) is 0 Å². The van der Waals surface area contributed by atoms with Crippen molar-refractivity contribution in [3.8, 4) is 56.0 Å². The van der Waals surface area contributed by atoms with Crippen molar-refractivity contribution in [2.75, 3.05) is 6.54 Å². The summed E-state index contributed by atoms with van der Waals surface area (Å²) in [4.78, 5) is 21.7. The van der Waals surface area contributed by atoms with Crippen molar-refractivity contribution in [2.24, 2.45) is 9.98 Å². The SMILES string of the molecule is O=C([O-])[C@H](CN=Cc1cc2ccccc2c(-c2c(-c3ccccc3)ccc3ccccc23)c1O)N=Cc1cc2ccccc2c(-c2c(-c3ccccc3)ccc3ccccc23)c1O.[Mn]. The van der Waals surface area contributed by atoms with Crippen LogP contribution in [0.5, 0.6) is 11.5 Å². The van der Waals surface area contributed by atoms with Crippen molar-refractivity contribution >= 4 is 61.5 Å². The summed E-state index contributed by atoms with van der Waals surface area (Å²) in [6.45, 7) is -0.271. The van der Waals surface area contributed by atoms with E-state index >= 15 is 0 Å². The first-order valence-corrected chi connectivity index (χ1v) is 20.8. The number of hydrogen-bond acceptors (Lipinski definition) is 6. The minimum absolute atomic E-state index is 0. The number of phenols is 2. The van der Waals surface area contributed by atoms with E-state index in [2.05, 4.69) is 64.6 Å². The number of phenolic OH excluding ortho intramolecular Hbond substituents is 2. The molecule has 0 saturated heterocycles. The van der Waals surface area contributed by atoms with Gasteiger partial charge in [-0.2, -0.15) is 0 Å². The van der Waals surface area contributed by atoms with Gasteiger partial charge in [0.05, 0.1) is 12.5 Å². The summed E-state index contributed by atoms with van der Waals surface area (Å²) in [5, 5.41) is 44.6. The van der Waals surface area contributed by atoms with Gasteiger partial charge in [-0.1, -0.05) is 182 Å². The predicted molar refractivity (Wildman–Crippen MR) is 257 cm³/mol. The van der Waals surface area contributed by atoms with Gasteiger partial charge in [0.2, 0.25) is 0 Å². The second-order valence-corrected chi connectivity index (χ2v) is 15.6. The molecule has 10 aromatic rings. The van der Waals surface area contributed by atoms with Crippen molar-refractivity contribution < 1.29 is 37.2 Å². The third-order valence-electron chi connectivity index (χ3n) is 11.8. The summed E-state index contributed by atoms with van der Waals surface area (Å²) in [5.74, 6) is -1.42. The maximum absolute atomic E-state index is 12.7. The number of aliphatic imine (C=N–C) groups is 2. The van der Waals surface area contributed by atoms with Gasteiger partial charge in [-0.05, 0) is 77.5 Å². The van der Waals surface area contributed by atoms with Crippen LogP contribution in [-0.2, 0) is 21.9 Å². The zero-order valence-corrected chi connectivity index (χ0v) is 35.6. The number of carbonyl (C=O) groups excluding carboxylic acids is 1. The number of nitrogens with zero attached hydrogens (tertiary/aromatic N) is 2. The maximum atomic E-state index is 12.7. The molecule has 64 heavy (non-hydrogen) atoms. The van der Waals surface area contributed by atoms with Gasteiger partial charge in [0.25, 0.3) is 0 Å². The summed E-state index contributed by atoms with van der Waals surface area (Å²) in [7, 11) is 0. The van der Waals surface area contributed by atoms with Crippen LogP contribution in [0.3, 0.4) is 0 Å². The monoisotopic (exact) mass is 870 g/mol. The number of hydrogen-bond donors (Lipinski definition) is 2. The normalized spacial score (nSPS) is 12.1. The number of fused-ring (bicyclic) bond motifs is 4. The third-order valence-corrected chi connectivity index (χ3v) is 11.8. The molecular weight excluding hydrogens is 832 g/mol. The first-order valence-electron chi connectivity index (χ1n) is 20.8. The number of aromatic hydroxyl groups is 2. The summed E-state index contributed by atoms with van der Waals surface area (Å²) >= 11 is 0. The molecule has 0 aliphatic carbocycles. The van der Waals surface area contributed by atoms with Gasteiger partial charge in [0, 0.05) is 62.9 Å². The molecule has 0 amide bonds. The minimum Gasteiger partial charge on any atom is -0.548 e. The van der Waals surface area contributed by atoms with Crippen LogP contribution in [0.25, 0.3) is 87.6 Å². The topological polar surface area (TPSA) is 105 Å². The Kier molecular flexibility index (Phi) is 11.6. The molecule has 0 unspecified atom stereocenters. The van der Waals surface area contributed by atoms with Crippen LogP contribution >= 0.6 is 0 Å². The molecule has 0 aliphatic rings. The molecule has 10 rings (SSSR count). The number of benzene rings is 10. The molecule has 0 saturated carbocycles. The second-order valence-electron chi connectivity index (χ2n) is 15.6. The fraction of sp³-hybridized carbons (Fsp3) is 0.0351. The molecule has 7 heteroatoms. The van der Waals surface area contributed by atoms with E-state index in [-0.39, 0.29) is 35.1 Å². The maximum Gasteiger partial charge on any atom is 0.132 e. The zero-order chi connectivity index (χ0) is 42.9. The Hall–Kier alpha value is -7.83. The largest absolute Gasteiger partial charge is 0.548 e. The van der Waals surface area contributed by atoms with Crippen LogP contribution in [0.1, 0.15) is 11.1 Å². The second kappa shape index (κ2) is 17.9. The molecule has 0 fully saturated rings. The van der Waals surface area contributed by atoms with Crippen molar-refractivity contribution in [3.05, 3.63) is 205 Å². The fourth-order valence-corrected chi connectivity index (χ4v) is 8.82. The van der Waals surface area contributed by atoms with Gasteiger partial charge in [0.15, 0.2) is 0 Å². The van der Waals surface area contributed by atoms with Gasteiger partial charge < -0.3 is 20.1 Å². The number of carboxylic acid groups (broad SMARTS) is 1. The van der Waals surface area contributed by atoms with E-state index in [9.17, 15) is 20.1 Å². The smallest absolute Gasteiger partial charge is 0.132 e. The third kappa shape index (κ3) is 7.68. The van der Waals surface area contributed by atoms with Crippen LogP contribution in [0.2, 0.25) is 0 Å². The standard InChI is InChI=1S/C57H40N2O4.Mn/c60-55-42(31-40-21-9-13-25-46(40)53(55)51-44-23-11-7-19-38(44)27-29-48(51)36-15-3-1-4-16-36)33-58-35-50(57(62)63)59-34-43-32-41-22-10-14-26-47(41)54(56(43)61)52-45-24-12-8-20-39(45)28-30-49(52)37-17-5-2-6-18-37;/h1-34,50,60-61H,35H2,(H,62,63);/p-1/t50-;/m0./s1. The summed E-state index contributed by atoms with van der Waals surface area (Å²) in [5.41, 5.74) is 7.72. The molecule has 2 N–H and O–H groups in total. The van der Waals surface area contributed by atoms with E-state index in [0.29, 0.717) is 22.3 Å². The number of aliphatic carboxylic acids is 1. The molecule has 0 spiro atoms. The molecule has 0 heterocycles. The molecule has 0 aliphatic heterocycles. The van der Waals surface area contributed by atoms with Gasteiger partial charge >= 0.3 is 0 Å². The van der Waals surface area contributed by atoms with Crippen LogP contribution in [0.15, 0.2) is 204 Å². The molecule has 0 aromatic heterocycles. The average molecular weight is 871 g/mol. The summed E-state index contributed by atoms with van der Waals surface area (Å²) in [6, 6.07) is 62.7. The Morgan fingerprint density at radius 3 is 1.28 bits per heavy atom. The first kappa shape index (κ1) is 41.5. The average Bonchev–Trinajstić information content (AvgIpc) is 3.33. The Morgan fingerprint density at radius 2 is 0.844 bits per heavy atom. The van der Waals surface area contributed by atoms with Gasteiger partial charge in [-0.15, -0.1) is 0 Å². The quantitative estimate of drug-likeness (QED) is 0.105. The number of carboxylic acids is 1. The van der Waals surface area contributed by atoms with E-state index in [0.717, 1.165) is 76.5 Å². The van der Waals surface area contributed by atoms with E-state index in [1.54, 1.807) is 0 Å². The van der Waals surface area contributed by atoms with Gasteiger partial charge in [-0.3, -0.25) is 9.98 Å². The summed E-state index contributed by atoms with van der Waals surface area (Å²) < 4.78 is 0.